The molecule has 3 atom stereocenters. The van der Waals surface area contributed by atoms with E-state index < -0.39 is 0 Å². The molecule has 2 fully saturated rings. The van der Waals surface area contributed by atoms with Gasteiger partial charge in [0.15, 0.2) is 0 Å². The molecule has 0 aromatic heterocycles. The monoisotopic (exact) mass is 183 g/mol. The van der Waals surface area contributed by atoms with Crippen molar-refractivity contribution in [2.45, 2.75) is 31.7 Å². The normalized spacial score (nSPS) is 38.4. The number of rotatable bonds is 1. The first kappa shape index (κ1) is 9.00. The molecule has 0 spiro atoms. The second-order valence-corrected chi connectivity index (χ2v) is 4.14. The van der Waals surface area contributed by atoms with Crippen molar-refractivity contribution < 1.29 is 9.53 Å². The molecule has 1 N–H and O–H groups in total. The molecule has 2 rings (SSSR count). The van der Waals surface area contributed by atoms with Gasteiger partial charge in [0, 0.05) is 6.04 Å². The minimum atomic E-state index is -0.00894. The lowest BCUT2D eigenvalue weighted by molar-refractivity contribution is -0.147. The third-order valence-electron chi connectivity index (χ3n) is 3.44. The average molecular weight is 183 g/mol. The van der Waals surface area contributed by atoms with Gasteiger partial charge >= 0.3 is 5.97 Å². The first-order valence-corrected chi connectivity index (χ1v) is 5.12. The van der Waals surface area contributed by atoms with E-state index in [0.29, 0.717) is 6.04 Å². The van der Waals surface area contributed by atoms with E-state index in [1.807, 2.05) is 0 Å². The minimum absolute atomic E-state index is 0.00894. The summed E-state index contributed by atoms with van der Waals surface area (Å²) in [5, 5.41) is 3.48. The number of nitrogens with one attached hydrogen (secondary N) is 1. The second-order valence-electron chi connectivity index (χ2n) is 4.14. The van der Waals surface area contributed by atoms with Crippen LogP contribution < -0.4 is 5.32 Å². The highest BCUT2D eigenvalue weighted by Crippen LogP contribution is 2.34. The smallest absolute Gasteiger partial charge is 0.308 e. The lowest BCUT2D eigenvalue weighted by Crippen LogP contribution is -2.35. The first-order valence-electron chi connectivity index (χ1n) is 5.12. The molecule has 0 aromatic carbocycles. The van der Waals surface area contributed by atoms with Gasteiger partial charge in [-0.3, -0.25) is 4.79 Å². The zero-order chi connectivity index (χ0) is 9.26. The molecule has 0 bridgehead atoms. The highest BCUT2D eigenvalue weighted by atomic mass is 16.5. The van der Waals surface area contributed by atoms with Crippen molar-refractivity contribution in [1.82, 2.24) is 5.32 Å². The van der Waals surface area contributed by atoms with Crippen molar-refractivity contribution >= 4 is 5.97 Å². The van der Waals surface area contributed by atoms with Crippen molar-refractivity contribution in [2.75, 3.05) is 13.7 Å². The van der Waals surface area contributed by atoms with E-state index in [-0.39, 0.29) is 11.9 Å². The molecule has 74 valence electrons. The zero-order valence-electron chi connectivity index (χ0n) is 8.08. The Labute approximate surface area is 78.8 Å². The number of ether oxygens (including phenoxy) is 1. The molecule has 0 amide bonds. The van der Waals surface area contributed by atoms with Crippen LogP contribution in [0.3, 0.4) is 0 Å². The molecule has 1 saturated heterocycles. The van der Waals surface area contributed by atoms with Crippen molar-refractivity contribution in [3.8, 4) is 0 Å². The first-order chi connectivity index (χ1) is 6.31. The lowest BCUT2D eigenvalue weighted by atomic mass is 9.79. The summed E-state index contributed by atoms with van der Waals surface area (Å²) in [6.07, 6.45) is 4.41. The van der Waals surface area contributed by atoms with Gasteiger partial charge in [-0.1, -0.05) is 0 Å². The van der Waals surface area contributed by atoms with Crippen LogP contribution in [-0.2, 0) is 9.53 Å². The third kappa shape index (κ3) is 1.70. The van der Waals surface area contributed by atoms with Gasteiger partial charge < -0.3 is 10.1 Å². The van der Waals surface area contributed by atoms with Crippen LogP contribution in [0.2, 0.25) is 0 Å². The maximum atomic E-state index is 11.3. The van der Waals surface area contributed by atoms with Crippen LogP contribution in [0, 0.1) is 11.8 Å². The fraction of sp³-hybridized carbons (Fsp3) is 0.900. The molecule has 1 aliphatic carbocycles. The highest BCUT2D eigenvalue weighted by Gasteiger charge is 2.36. The van der Waals surface area contributed by atoms with Gasteiger partial charge in [-0.2, -0.15) is 0 Å². The van der Waals surface area contributed by atoms with E-state index in [1.54, 1.807) is 0 Å². The summed E-state index contributed by atoms with van der Waals surface area (Å²) in [6.45, 7) is 1.13. The molecule has 1 aliphatic heterocycles. The highest BCUT2D eigenvalue weighted by molar-refractivity contribution is 5.72. The van der Waals surface area contributed by atoms with Crippen molar-refractivity contribution in [3.63, 3.8) is 0 Å². The third-order valence-corrected chi connectivity index (χ3v) is 3.44. The van der Waals surface area contributed by atoms with Crippen LogP contribution in [0.5, 0.6) is 0 Å². The van der Waals surface area contributed by atoms with Crippen LogP contribution in [0.4, 0.5) is 0 Å². The number of hydrogen-bond acceptors (Lipinski definition) is 3. The minimum Gasteiger partial charge on any atom is -0.469 e. The molecule has 3 heteroatoms. The molecule has 13 heavy (non-hydrogen) atoms. The number of esters is 1. The van der Waals surface area contributed by atoms with Crippen molar-refractivity contribution in [2.24, 2.45) is 11.8 Å². The summed E-state index contributed by atoms with van der Waals surface area (Å²) in [5.41, 5.74) is 0. The van der Waals surface area contributed by atoms with E-state index in [9.17, 15) is 4.79 Å². The topological polar surface area (TPSA) is 38.3 Å². The Morgan fingerprint density at radius 3 is 3.00 bits per heavy atom. The van der Waals surface area contributed by atoms with E-state index in [2.05, 4.69) is 5.32 Å². The number of carbonyl (C=O) groups is 1. The van der Waals surface area contributed by atoms with Gasteiger partial charge in [0.25, 0.3) is 0 Å². The van der Waals surface area contributed by atoms with Gasteiger partial charge in [0.2, 0.25) is 0 Å². The Bertz CT molecular complexity index is 205. The number of hydrogen-bond donors (Lipinski definition) is 1. The van der Waals surface area contributed by atoms with Gasteiger partial charge in [-0.05, 0) is 38.1 Å². The molecule has 2 aliphatic rings. The number of methoxy groups -OCH3 is 1. The summed E-state index contributed by atoms with van der Waals surface area (Å²) in [4.78, 5) is 11.3. The molecule has 3 nitrogen and oxygen atoms in total. The van der Waals surface area contributed by atoms with Gasteiger partial charge in [-0.25, -0.2) is 0 Å². The predicted molar refractivity (Wildman–Crippen MR) is 49.3 cm³/mol. The van der Waals surface area contributed by atoms with Crippen LogP contribution >= 0.6 is 0 Å². The Morgan fingerprint density at radius 2 is 2.23 bits per heavy atom. The van der Waals surface area contributed by atoms with Crippen LogP contribution in [0.25, 0.3) is 0 Å². The van der Waals surface area contributed by atoms with Gasteiger partial charge in [-0.15, -0.1) is 0 Å². The maximum absolute atomic E-state index is 11.3. The van der Waals surface area contributed by atoms with Crippen LogP contribution in [0.15, 0.2) is 0 Å². The van der Waals surface area contributed by atoms with Crippen molar-refractivity contribution in [1.29, 1.82) is 0 Å². The molecule has 0 unspecified atom stereocenters. The molecule has 0 aromatic rings. The van der Waals surface area contributed by atoms with E-state index in [1.165, 1.54) is 13.5 Å². The fourth-order valence-corrected chi connectivity index (χ4v) is 2.69. The molecular formula is C10H17NO2. The maximum Gasteiger partial charge on any atom is 0.308 e. The predicted octanol–water partition coefficient (Wildman–Crippen LogP) is 0.938. The summed E-state index contributed by atoms with van der Waals surface area (Å²) in [6, 6.07) is 0.681. The second kappa shape index (κ2) is 3.66. The Morgan fingerprint density at radius 1 is 1.38 bits per heavy atom. The van der Waals surface area contributed by atoms with Crippen molar-refractivity contribution in [3.05, 3.63) is 0 Å². The Hall–Kier alpha value is -0.570. The number of carbonyl (C=O) groups excluding carboxylic acids is 1. The standard InChI is InChI=1S/C10H17NO2/c1-13-10(12)8-2-3-9-7(6-8)4-5-11-9/h7-9,11H,2-6H2,1H3/t7-,8-,9+/m1/s1. The van der Waals surface area contributed by atoms with E-state index in [0.717, 1.165) is 31.7 Å². The molecule has 1 heterocycles. The fourth-order valence-electron chi connectivity index (χ4n) is 2.69. The Balaban J connectivity index is 1.93. The largest absolute Gasteiger partial charge is 0.469 e. The Kier molecular flexibility index (Phi) is 2.54. The summed E-state index contributed by atoms with van der Waals surface area (Å²) >= 11 is 0. The van der Waals surface area contributed by atoms with E-state index >= 15 is 0 Å². The van der Waals surface area contributed by atoms with Crippen LogP contribution in [0.1, 0.15) is 25.7 Å². The molecular weight excluding hydrogens is 166 g/mol. The van der Waals surface area contributed by atoms with Gasteiger partial charge in [0.05, 0.1) is 13.0 Å². The number of fused-ring (bicyclic) bond motifs is 1. The average Bonchev–Trinajstić information content (AvgIpc) is 2.63. The molecule has 1 saturated carbocycles. The quantitative estimate of drug-likeness (QED) is 0.615. The van der Waals surface area contributed by atoms with Crippen LogP contribution in [-0.4, -0.2) is 25.7 Å². The van der Waals surface area contributed by atoms with E-state index in [4.69, 9.17) is 4.74 Å². The van der Waals surface area contributed by atoms with Gasteiger partial charge in [0.1, 0.15) is 0 Å². The zero-order valence-corrected chi connectivity index (χ0v) is 8.08. The SMILES string of the molecule is COC(=O)[C@@H]1CC[C@@H]2NCC[C@@H]2C1. The summed E-state index contributed by atoms with van der Waals surface area (Å²) in [5.74, 6) is 0.884. The summed E-state index contributed by atoms with van der Waals surface area (Å²) in [7, 11) is 1.49. The lowest BCUT2D eigenvalue weighted by Gasteiger charge is -2.29. The molecule has 0 radical (unpaired) electrons. The summed E-state index contributed by atoms with van der Waals surface area (Å²) < 4.78 is 4.78.